The quantitative estimate of drug-likeness (QED) is 0.517. The Bertz CT molecular complexity index is 688. The average molecular weight is 369 g/mol. The standard InChI is InChI=1S/C22H28N2O3/c1-3-24(4-2,17-20(23)25)15-16-27-22(26)21(18-11-7-5-8-12-18)19-13-9-6-10-14-19/h5-14,21H,3-4,15-17H2,1-2H3,(H-,23,25)/p+1. The Morgan fingerprint density at radius 1 is 0.926 bits per heavy atom. The first kappa shape index (κ1) is 20.6. The highest BCUT2D eigenvalue weighted by molar-refractivity contribution is 5.82. The molecule has 0 aliphatic rings. The molecule has 0 spiro atoms. The van der Waals surface area contributed by atoms with Crippen LogP contribution in [0.3, 0.4) is 0 Å². The number of primary amides is 1. The van der Waals surface area contributed by atoms with Gasteiger partial charge in [0.2, 0.25) is 0 Å². The molecule has 144 valence electrons. The first-order valence-corrected chi connectivity index (χ1v) is 9.41. The van der Waals surface area contributed by atoms with Crippen LogP contribution in [0, 0.1) is 0 Å². The third-order valence-corrected chi connectivity index (χ3v) is 5.14. The molecule has 0 radical (unpaired) electrons. The lowest BCUT2D eigenvalue weighted by atomic mass is 9.91. The number of esters is 1. The van der Waals surface area contributed by atoms with Crippen LogP contribution < -0.4 is 5.73 Å². The smallest absolute Gasteiger partial charge is 0.318 e. The zero-order valence-electron chi connectivity index (χ0n) is 16.1. The number of hydrogen-bond acceptors (Lipinski definition) is 3. The first-order chi connectivity index (χ1) is 13.0. The van der Waals surface area contributed by atoms with Gasteiger partial charge in [-0.15, -0.1) is 0 Å². The van der Waals surface area contributed by atoms with Gasteiger partial charge in [-0.3, -0.25) is 9.59 Å². The number of carbonyl (C=O) groups excluding carboxylic acids is 2. The van der Waals surface area contributed by atoms with Crippen molar-refractivity contribution in [1.29, 1.82) is 0 Å². The van der Waals surface area contributed by atoms with Gasteiger partial charge in [0.25, 0.3) is 5.91 Å². The molecule has 5 heteroatoms. The molecule has 0 aliphatic heterocycles. The van der Waals surface area contributed by atoms with E-state index in [0.29, 0.717) is 11.0 Å². The molecule has 0 heterocycles. The minimum atomic E-state index is -0.464. The van der Waals surface area contributed by atoms with Crippen LogP contribution in [0.25, 0.3) is 0 Å². The van der Waals surface area contributed by atoms with Crippen molar-refractivity contribution in [2.24, 2.45) is 5.73 Å². The largest absolute Gasteiger partial charge is 0.459 e. The third kappa shape index (κ3) is 5.66. The molecule has 2 aromatic rings. The van der Waals surface area contributed by atoms with Crippen molar-refractivity contribution in [2.45, 2.75) is 19.8 Å². The zero-order valence-corrected chi connectivity index (χ0v) is 16.1. The van der Waals surface area contributed by atoms with Crippen LogP contribution in [-0.4, -0.2) is 49.1 Å². The van der Waals surface area contributed by atoms with Crippen LogP contribution in [0.4, 0.5) is 0 Å². The predicted molar refractivity (Wildman–Crippen MR) is 106 cm³/mol. The predicted octanol–water partition coefficient (Wildman–Crippen LogP) is 2.70. The number of likely N-dealkylation sites (N-methyl/N-ethyl adjacent to an activating group) is 1. The molecule has 0 bridgehead atoms. The van der Waals surface area contributed by atoms with E-state index >= 15 is 0 Å². The number of rotatable bonds is 10. The van der Waals surface area contributed by atoms with Crippen LogP contribution in [0.15, 0.2) is 60.7 Å². The van der Waals surface area contributed by atoms with Gasteiger partial charge in [-0.2, -0.15) is 0 Å². The molecule has 0 fully saturated rings. The average Bonchev–Trinajstić information content (AvgIpc) is 2.68. The molecule has 0 atom stereocenters. The topological polar surface area (TPSA) is 69.4 Å². The SMILES string of the molecule is CC[N+](CC)(CCOC(=O)C(c1ccccc1)c1ccccc1)CC(N)=O. The van der Waals surface area contributed by atoms with Gasteiger partial charge in [0.15, 0.2) is 6.54 Å². The Morgan fingerprint density at radius 2 is 1.41 bits per heavy atom. The van der Waals surface area contributed by atoms with Crippen molar-refractivity contribution in [3.05, 3.63) is 71.8 Å². The van der Waals surface area contributed by atoms with Gasteiger partial charge in [-0.05, 0) is 25.0 Å². The monoisotopic (exact) mass is 369 g/mol. The lowest BCUT2D eigenvalue weighted by Crippen LogP contribution is -2.54. The van der Waals surface area contributed by atoms with Gasteiger partial charge < -0.3 is 15.0 Å². The molecule has 0 unspecified atom stereocenters. The van der Waals surface area contributed by atoms with E-state index in [4.69, 9.17) is 10.5 Å². The minimum absolute atomic E-state index is 0.254. The molecule has 2 aromatic carbocycles. The number of hydrogen-bond donors (Lipinski definition) is 1. The summed E-state index contributed by atoms with van der Waals surface area (Å²) < 4.78 is 6.16. The van der Waals surface area contributed by atoms with E-state index in [2.05, 4.69) is 0 Å². The Balaban J connectivity index is 2.12. The maximum Gasteiger partial charge on any atom is 0.318 e. The number of carbonyl (C=O) groups is 2. The summed E-state index contributed by atoms with van der Waals surface area (Å²) in [4.78, 5) is 24.3. The normalized spacial score (nSPS) is 11.4. The fourth-order valence-electron chi connectivity index (χ4n) is 3.35. The van der Waals surface area contributed by atoms with Crippen molar-refractivity contribution >= 4 is 11.9 Å². The molecule has 2 N–H and O–H groups in total. The number of nitrogens with zero attached hydrogens (tertiary/aromatic N) is 1. The van der Waals surface area contributed by atoms with Gasteiger partial charge in [-0.1, -0.05) is 60.7 Å². The molecule has 0 aliphatic carbocycles. The second-order valence-corrected chi connectivity index (χ2v) is 6.74. The molecular formula is C22H29N2O3+. The lowest BCUT2D eigenvalue weighted by Gasteiger charge is -2.35. The minimum Gasteiger partial charge on any atom is -0.459 e. The van der Waals surface area contributed by atoms with Crippen LogP contribution in [0.1, 0.15) is 30.9 Å². The Hall–Kier alpha value is -2.66. The van der Waals surface area contributed by atoms with E-state index < -0.39 is 5.92 Å². The Morgan fingerprint density at radius 3 is 1.81 bits per heavy atom. The second kappa shape index (κ2) is 9.88. The highest BCUT2D eigenvalue weighted by Crippen LogP contribution is 2.26. The van der Waals surface area contributed by atoms with Crippen LogP contribution >= 0.6 is 0 Å². The third-order valence-electron chi connectivity index (χ3n) is 5.14. The summed E-state index contributed by atoms with van der Waals surface area (Å²) in [7, 11) is 0. The molecule has 5 nitrogen and oxygen atoms in total. The fraction of sp³-hybridized carbons (Fsp3) is 0.364. The maximum absolute atomic E-state index is 12.9. The molecule has 0 aromatic heterocycles. The van der Waals surface area contributed by atoms with Crippen molar-refractivity contribution < 1.29 is 18.8 Å². The zero-order chi connectivity index (χ0) is 19.7. The summed E-state index contributed by atoms with van der Waals surface area (Å²) in [5.41, 5.74) is 7.20. The first-order valence-electron chi connectivity index (χ1n) is 9.41. The Labute approximate surface area is 161 Å². The summed E-state index contributed by atoms with van der Waals surface area (Å²) in [6, 6.07) is 19.3. The van der Waals surface area contributed by atoms with Crippen molar-refractivity contribution in [3.8, 4) is 0 Å². The highest BCUT2D eigenvalue weighted by Gasteiger charge is 2.28. The summed E-state index contributed by atoms with van der Waals surface area (Å²) in [6.07, 6.45) is 0. The molecule has 0 saturated heterocycles. The summed E-state index contributed by atoms with van der Waals surface area (Å²) in [6.45, 7) is 6.64. The van der Waals surface area contributed by atoms with Gasteiger partial charge in [0.1, 0.15) is 19.1 Å². The van der Waals surface area contributed by atoms with Crippen LogP contribution in [0.5, 0.6) is 0 Å². The van der Waals surface area contributed by atoms with Crippen LogP contribution in [-0.2, 0) is 14.3 Å². The van der Waals surface area contributed by atoms with Crippen molar-refractivity contribution in [2.75, 3.05) is 32.8 Å². The molecule has 2 rings (SSSR count). The van der Waals surface area contributed by atoms with E-state index in [1.54, 1.807) is 0 Å². The number of benzene rings is 2. The van der Waals surface area contributed by atoms with E-state index in [0.717, 1.165) is 24.2 Å². The maximum atomic E-state index is 12.9. The number of nitrogens with two attached hydrogens (primary N) is 1. The molecule has 1 amide bonds. The summed E-state index contributed by atoms with van der Waals surface area (Å²) in [5, 5.41) is 0. The molecular weight excluding hydrogens is 340 g/mol. The fourth-order valence-corrected chi connectivity index (χ4v) is 3.35. The summed E-state index contributed by atoms with van der Waals surface area (Å²) >= 11 is 0. The number of ether oxygens (including phenoxy) is 1. The van der Waals surface area contributed by atoms with Gasteiger partial charge in [0.05, 0.1) is 13.1 Å². The second-order valence-electron chi connectivity index (χ2n) is 6.74. The van der Waals surface area contributed by atoms with Gasteiger partial charge in [0, 0.05) is 0 Å². The van der Waals surface area contributed by atoms with Gasteiger partial charge >= 0.3 is 5.97 Å². The summed E-state index contributed by atoms with van der Waals surface area (Å²) in [5.74, 6) is -1.08. The molecule has 27 heavy (non-hydrogen) atoms. The van der Waals surface area contributed by atoms with E-state index in [-0.39, 0.29) is 25.0 Å². The number of amides is 1. The van der Waals surface area contributed by atoms with E-state index in [9.17, 15) is 9.59 Å². The van der Waals surface area contributed by atoms with Crippen LogP contribution in [0.2, 0.25) is 0 Å². The van der Waals surface area contributed by atoms with Gasteiger partial charge in [-0.25, -0.2) is 0 Å². The van der Waals surface area contributed by atoms with Crippen molar-refractivity contribution in [3.63, 3.8) is 0 Å². The lowest BCUT2D eigenvalue weighted by molar-refractivity contribution is -0.917. The van der Waals surface area contributed by atoms with E-state index in [1.165, 1.54) is 0 Å². The highest BCUT2D eigenvalue weighted by atomic mass is 16.5. The van der Waals surface area contributed by atoms with Crippen molar-refractivity contribution in [1.82, 2.24) is 0 Å². The Kier molecular flexibility index (Phi) is 7.55. The van der Waals surface area contributed by atoms with E-state index in [1.807, 2.05) is 74.5 Å². The molecule has 0 saturated carbocycles. The number of quaternary nitrogens is 1.